The molecule has 0 aliphatic heterocycles. The summed E-state index contributed by atoms with van der Waals surface area (Å²) in [5, 5.41) is 0. The van der Waals surface area contributed by atoms with Crippen molar-refractivity contribution < 1.29 is 57.2 Å². The first kappa shape index (κ1) is 44.9. The largest absolute Gasteiger partial charge is 0.465 e. The zero-order chi connectivity index (χ0) is 35.4. The predicted octanol–water partition coefficient (Wildman–Crippen LogP) is 6.05. The topological polar surface area (TPSA) is 158 Å². The molecule has 0 aromatic heterocycles. The Morgan fingerprint density at radius 1 is 0.348 bits per heavy atom. The highest BCUT2D eigenvalue weighted by Gasteiger charge is 2.37. The van der Waals surface area contributed by atoms with Gasteiger partial charge in [0.25, 0.3) is 0 Å². The van der Waals surface area contributed by atoms with Crippen molar-refractivity contribution in [1.29, 1.82) is 0 Å². The van der Waals surface area contributed by atoms with E-state index in [0.717, 1.165) is 12.8 Å². The monoisotopic (exact) mass is 660 g/mol. The van der Waals surface area contributed by atoms with Crippen molar-refractivity contribution in [1.82, 2.24) is 0 Å². The van der Waals surface area contributed by atoms with Gasteiger partial charge in [-0.05, 0) is 38.5 Å². The second-order valence-corrected chi connectivity index (χ2v) is 12.1. The summed E-state index contributed by atoms with van der Waals surface area (Å²) in [5.41, 5.74) is -1.48. The molecule has 0 radical (unpaired) electrons. The van der Waals surface area contributed by atoms with E-state index in [1.54, 1.807) is 0 Å². The van der Waals surface area contributed by atoms with Crippen LogP contribution in [0.3, 0.4) is 0 Å². The molecule has 268 valence electrons. The average molecular weight is 661 g/mol. The normalized spacial score (nSPS) is 11.0. The maximum absolute atomic E-state index is 11.9. The van der Waals surface area contributed by atoms with E-state index in [0.29, 0.717) is 38.5 Å². The lowest BCUT2D eigenvalue weighted by Gasteiger charge is -2.31. The zero-order valence-electron chi connectivity index (χ0n) is 29.6. The van der Waals surface area contributed by atoms with Crippen molar-refractivity contribution in [2.75, 3.05) is 39.6 Å². The van der Waals surface area contributed by atoms with Crippen LogP contribution < -0.4 is 0 Å². The standard InChI is InChI=1S/C21H36O8.C13H24O4/c1-5-9-17(22)26-13-21(14-27-18(23)10-6-2,15-28-19(24)11-7-3)16-29-20(25)12-8-4;1-5-7-11(14)16-9-13(3,4)10-17-12(15)8-6-2/h5-16H2,1-4H3;5-10H2,1-4H3. The number of rotatable bonds is 24. The lowest BCUT2D eigenvalue weighted by molar-refractivity contribution is -0.171. The third-order valence-corrected chi connectivity index (χ3v) is 6.13. The lowest BCUT2D eigenvalue weighted by atomic mass is 9.92. The fourth-order valence-electron chi connectivity index (χ4n) is 3.44. The number of hydrogen-bond donors (Lipinski definition) is 0. The molecule has 0 heterocycles. The van der Waals surface area contributed by atoms with Gasteiger partial charge in [-0.2, -0.15) is 0 Å². The van der Waals surface area contributed by atoms with Gasteiger partial charge in [0, 0.05) is 43.9 Å². The molecule has 46 heavy (non-hydrogen) atoms. The van der Waals surface area contributed by atoms with Gasteiger partial charge in [0.2, 0.25) is 0 Å². The number of carbonyl (C=O) groups is 6. The van der Waals surface area contributed by atoms with Crippen molar-refractivity contribution in [3.63, 3.8) is 0 Å². The Morgan fingerprint density at radius 3 is 0.696 bits per heavy atom. The van der Waals surface area contributed by atoms with Gasteiger partial charge in [-0.25, -0.2) is 0 Å². The molecule has 0 spiro atoms. The lowest BCUT2D eigenvalue weighted by Crippen LogP contribution is -2.44. The Morgan fingerprint density at radius 2 is 0.522 bits per heavy atom. The molecule has 0 amide bonds. The van der Waals surface area contributed by atoms with E-state index in [2.05, 4.69) is 0 Å². The molecule has 0 saturated carbocycles. The van der Waals surface area contributed by atoms with Crippen LogP contribution in [0.4, 0.5) is 0 Å². The van der Waals surface area contributed by atoms with Crippen molar-refractivity contribution in [3.05, 3.63) is 0 Å². The quantitative estimate of drug-likeness (QED) is 0.0874. The van der Waals surface area contributed by atoms with Crippen LogP contribution in [-0.4, -0.2) is 75.5 Å². The molecule has 0 aromatic carbocycles. The van der Waals surface area contributed by atoms with Crippen molar-refractivity contribution >= 4 is 35.8 Å². The van der Waals surface area contributed by atoms with E-state index in [1.165, 1.54) is 0 Å². The Labute approximate surface area is 275 Å². The van der Waals surface area contributed by atoms with E-state index < -0.39 is 29.3 Å². The highest BCUT2D eigenvalue weighted by molar-refractivity contribution is 5.71. The highest BCUT2D eigenvalue weighted by atomic mass is 16.6. The van der Waals surface area contributed by atoms with Crippen LogP contribution in [0.25, 0.3) is 0 Å². The fourth-order valence-corrected chi connectivity index (χ4v) is 3.44. The molecule has 0 bridgehead atoms. The third-order valence-electron chi connectivity index (χ3n) is 6.13. The first-order chi connectivity index (χ1) is 21.7. The molecule has 0 N–H and O–H groups in total. The van der Waals surface area contributed by atoms with E-state index in [9.17, 15) is 28.8 Å². The van der Waals surface area contributed by atoms with Crippen LogP contribution >= 0.6 is 0 Å². The summed E-state index contributed by atoms with van der Waals surface area (Å²) in [7, 11) is 0. The molecule has 12 nitrogen and oxygen atoms in total. The predicted molar refractivity (Wildman–Crippen MR) is 171 cm³/mol. The molecule has 0 atom stereocenters. The van der Waals surface area contributed by atoms with E-state index in [4.69, 9.17) is 28.4 Å². The number of esters is 6. The smallest absolute Gasteiger partial charge is 0.305 e. The minimum atomic E-state index is -1.15. The van der Waals surface area contributed by atoms with E-state index in [1.807, 2.05) is 55.4 Å². The van der Waals surface area contributed by atoms with Gasteiger partial charge < -0.3 is 28.4 Å². The maximum atomic E-state index is 11.9. The van der Waals surface area contributed by atoms with Crippen LogP contribution in [0.15, 0.2) is 0 Å². The van der Waals surface area contributed by atoms with Gasteiger partial charge >= 0.3 is 35.8 Å². The summed E-state index contributed by atoms with van der Waals surface area (Å²) in [6.45, 7) is 14.9. The average Bonchev–Trinajstić information content (AvgIpc) is 3.00. The summed E-state index contributed by atoms with van der Waals surface area (Å²) >= 11 is 0. The molecule has 0 aromatic rings. The molecule has 0 aliphatic rings. The molecule has 0 rings (SSSR count). The van der Waals surface area contributed by atoms with Gasteiger partial charge in [0.05, 0.1) is 13.2 Å². The Hall–Kier alpha value is -3.18. The second kappa shape index (κ2) is 27.0. The Balaban J connectivity index is 0. The number of ether oxygens (including phenoxy) is 6. The van der Waals surface area contributed by atoms with Gasteiger partial charge in [0.1, 0.15) is 31.8 Å². The minimum absolute atomic E-state index is 0.190. The van der Waals surface area contributed by atoms with Crippen LogP contribution in [0.2, 0.25) is 0 Å². The van der Waals surface area contributed by atoms with E-state index >= 15 is 0 Å². The zero-order valence-corrected chi connectivity index (χ0v) is 29.6. The summed E-state index contributed by atoms with van der Waals surface area (Å²) in [6.07, 6.45) is 5.85. The summed E-state index contributed by atoms with van der Waals surface area (Å²) < 4.78 is 31.5. The van der Waals surface area contributed by atoms with Crippen molar-refractivity contribution in [2.45, 2.75) is 132 Å². The maximum Gasteiger partial charge on any atom is 0.305 e. The molecular formula is C34H60O12. The van der Waals surface area contributed by atoms with E-state index in [-0.39, 0.29) is 82.7 Å². The number of hydrogen-bond acceptors (Lipinski definition) is 12. The van der Waals surface area contributed by atoms with Gasteiger partial charge in [-0.1, -0.05) is 55.4 Å². The molecule has 0 saturated heterocycles. The van der Waals surface area contributed by atoms with Crippen LogP contribution in [0.5, 0.6) is 0 Å². The number of carbonyl (C=O) groups excluding carboxylic acids is 6. The van der Waals surface area contributed by atoms with Crippen molar-refractivity contribution in [2.24, 2.45) is 10.8 Å². The Kier molecular flexibility index (Phi) is 26.4. The second-order valence-electron chi connectivity index (χ2n) is 12.1. The van der Waals surface area contributed by atoms with Crippen molar-refractivity contribution in [3.8, 4) is 0 Å². The molecule has 0 fully saturated rings. The molecular weight excluding hydrogens is 600 g/mol. The summed E-state index contributed by atoms with van der Waals surface area (Å²) in [5.74, 6) is -2.07. The third kappa shape index (κ3) is 25.1. The summed E-state index contributed by atoms with van der Waals surface area (Å²) in [6, 6.07) is 0. The van der Waals surface area contributed by atoms with Gasteiger partial charge in [0.15, 0.2) is 0 Å². The molecule has 12 heteroatoms. The molecule has 0 unspecified atom stereocenters. The van der Waals surface area contributed by atoms with Gasteiger partial charge in [-0.15, -0.1) is 0 Å². The van der Waals surface area contributed by atoms with Gasteiger partial charge in [-0.3, -0.25) is 28.8 Å². The van der Waals surface area contributed by atoms with Crippen LogP contribution in [0.1, 0.15) is 132 Å². The fraction of sp³-hybridized carbons (Fsp3) is 0.824. The SMILES string of the molecule is CCCC(=O)OCC(C)(C)COC(=O)CCC.CCCC(=O)OCC(COC(=O)CCC)(COC(=O)CCC)COC(=O)CCC. The summed E-state index contributed by atoms with van der Waals surface area (Å²) in [4.78, 5) is 69.9. The van der Waals surface area contributed by atoms with Crippen LogP contribution in [0, 0.1) is 10.8 Å². The first-order valence-electron chi connectivity index (χ1n) is 16.7. The minimum Gasteiger partial charge on any atom is -0.465 e. The molecule has 0 aliphatic carbocycles. The Bertz CT molecular complexity index is 779. The first-order valence-corrected chi connectivity index (χ1v) is 16.7. The van der Waals surface area contributed by atoms with Crippen LogP contribution in [-0.2, 0) is 57.2 Å². The highest BCUT2D eigenvalue weighted by Crippen LogP contribution is 2.23.